The van der Waals surface area contributed by atoms with Gasteiger partial charge in [-0.25, -0.2) is 0 Å². The summed E-state index contributed by atoms with van der Waals surface area (Å²) in [7, 11) is 0. The normalized spacial score (nSPS) is 10.3. The number of thiocarbonyl (C=S) groups is 1. The standard InChI is InChI=1S/C28H25N3O5S/c32-26(29-19-25-10-5-15-34-25)21-6-4-7-22(18-21)30-28(37)31-27(33)20-11-13-24(14-12-20)36-17-16-35-23-8-2-1-3-9-23/h1-15,18H,16-17,19H2,(H,29,32)(H2,30,31,33,37). The third kappa shape index (κ3) is 7.94. The van der Waals surface area contributed by atoms with Gasteiger partial charge in [0, 0.05) is 16.8 Å². The highest BCUT2D eigenvalue weighted by Crippen LogP contribution is 2.14. The van der Waals surface area contributed by atoms with E-state index < -0.39 is 0 Å². The van der Waals surface area contributed by atoms with E-state index in [-0.39, 0.29) is 23.5 Å². The second-order valence-corrected chi connectivity index (χ2v) is 8.19. The highest BCUT2D eigenvalue weighted by Gasteiger charge is 2.11. The van der Waals surface area contributed by atoms with E-state index in [2.05, 4.69) is 16.0 Å². The molecule has 3 aromatic carbocycles. The summed E-state index contributed by atoms with van der Waals surface area (Å²) in [6, 6.07) is 26.5. The summed E-state index contributed by atoms with van der Waals surface area (Å²) < 4.78 is 16.5. The van der Waals surface area contributed by atoms with Gasteiger partial charge in [0.25, 0.3) is 11.8 Å². The lowest BCUT2D eigenvalue weighted by Gasteiger charge is -2.11. The molecule has 1 aromatic heterocycles. The number of carbonyl (C=O) groups is 2. The Morgan fingerprint density at radius 2 is 1.49 bits per heavy atom. The quantitative estimate of drug-likeness (QED) is 0.206. The van der Waals surface area contributed by atoms with Crippen LogP contribution in [0, 0.1) is 0 Å². The monoisotopic (exact) mass is 515 g/mol. The summed E-state index contributed by atoms with van der Waals surface area (Å²) >= 11 is 5.27. The first-order valence-corrected chi connectivity index (χ1v) is 11.9. The molecule has 0 spiro atoms. The fourth-order valence-electron chi connectivity index (χ4n) is 3.30. The molecule has 0 aliphatic carbocycles. The third-order valence-electron chi connectivity index (χ3n) is 5.09. The molecule has 2 amide bonds. The number of furan rings is 1. The fraction of sp³-hybridized carbons (Fsp3) is 0.107. The van der Waals surface area contributed by atoms with Crippen molar-refractivity contribution in [1.29, 1.82) is 0 Å². The van der Waals surface area contributed by atoms with Crippen LogP contribution in [0.5, 0.6) is 11.5 Å². The molecular weight excluding hydrogens is 490 g/mol. The second kappa shape index (κ2) is 12.9. The lowest BCUT2D eigenvalue weighted by atomic mass is 10.2. The number of hydrogen-bond donors (Lipinski definition) is 3. The highest BCUT2D eigenvalue weighted by atomic mass is 32.1. The van der Waals surface area contributed by atoms with Gasteiger partial charge in [0.15, 0.2) is 5.11 Å². The highest BCUT2D eigenvalue weighted by molar-refractivity contribution is 7.80. The predicted octanol–water partition coefficient (Wildman–Crippen LogP) is 4.79. The van der Waals surface area contributed by atoms with Gasteiger partial charge in [-0.05, 0) is 78.9 Å². The first kappa shape index (κ1) is 25.5. The summed E-state index contributed by atoms with van der Waals surface area (Å²) in [5.41, 5.74) is 1.43. The van der Waals surface area contributed by atoms with Gasteiger partial charge in [0.05, 0.1) is 12.8 Å². The number of hydrogen-bond acceptors (Lipinski definition) is 6. The molecule has 0 unspecified atom stereocenters. The van der Waals surface area contributed by atoms with E-state index in [0.717, 1.165) is 5.75 Å². The van der Waals surface area contributed by atoms with Crippen LogP contribution in [0.15, 0.2) is 102 Å². The van der Waals surface area contributed by atoms with Crippen LogP contribution in [-0.2, 0) is 6.54 Å². The number of benzene rings is 3. The van der Waals surface area contributed by atoms with Crippen molar-refractivity contribution in [2.75, 3.05) is 18.5 Å². The van der Waals surface area contributed by atoms with Crippen molar-refractivity contribution in [3.05, 3.63) is 114 Å². The van der Waals surface area contributed by atoms with Gasteiger partial charge in [0.1, 0.15) is 30.5 Å². The van der Waals surface area contributed by atoms with E-state index in [9.17, 15) is 9.59 Å². The van der Waals surface area contributed by atoms with E-state index in [1.54, 1.807) is 66.9 Å². The molecule has 0 saturated carbocycles. The van der Waals surface area contributed by atoms with Gasteiger partial charge >= 0.3 is 0 Å². The van der Waals surface area contributed by atoms with Crippen molar-refractivity contribution in [2.45, 2.75) is 6.54 Å². The Bertz CT molecular complexity index is 1330. The SMILES string of the molecule is O=C(NCc1ccco1)c1cccc(NC(=S)NC(=O)c2ccc(OCCOc3ccccc3)cc2)c1. The summed E-state index contributed by atoms with van der Waals surface area (Å²) in [6.07, 6.45) is 1.55. The van der Waals surface area contributed by atoms with Gasteiger partial charge in [-0.2, -0.15) is 0 Å². The van der Waals surface area contributed by atoms with Crippen molar-refractivity contribution in [2.24, 2.45) is 0 Å². The minimum absolute atomic E-state index is 0.108. The van der Waals surface area contributed by atoms with Crippen molar-refractivity contribution in [1.82, 2.24) is 10.6 Å². The van der Waals surface area contributed by atoms with Crippen molar-refractivity contribution < 1.29 is 23.5 Å². The predicted molar refractivity (Wildman–Crippen MR) is 144 cm³/mol. The minimum Gasteiger partial charge on any atom is -0.490 e. The Morgan fingerprint density at radius 1 is 0.757 bits per heavy atom. The number of amides is 2. The van der Waals surface area contributed by atoms with Crippen LogP contribution in [0.25, 0.3) is 0 Å². The number of ether oxygens (including phenoxy) is 2. The molecule has 9 heteroatoms. The molecule has 1 heterocycles. The molecule has 0 fully saturated rings. The number of carbonyl (C=O) groups excluding carboxylic acids is 2. The maximum Gasteiger partial charge on any atom is 0.257 e. The number of anilines is 1. The Morgan fingerprint density at radius 3 is 2.19 bits per heavy atom. The molecule has 3 N–H and O–H groups in total. The summed E-state index contributed by atoms with van der Waals surface area (Å²) in [5.74, 6) is 1.43. The van der Waals surface area contributed by atoms with Crippen molar-refractivity contribution >= 4 is 34.8 Å². The van der Waals surface area contributed by atoms with E-state index >= 15 is 0 Å². The van der Waals surface area contributed by atoms with Crippen LogP contribution in [0.3, 0.4) is 0 Å². The molecule has 188 valence electrons. The van der Waals surface area contributed by atoms with Crippen molar-refractivity contribution in [3.63, 3.8) is 0 Å². The maximum absolute atomic E-state index is 12.6. The smallest absolute Gasteiger partial charge is 0.257 e. The van der Waals surface area contributed by atoms with Crippen LogP contribution in [0.4, 0.5) is 5.69 Å². The summed E-state index contributed by atoms with van der Waals surface area (Å²) in [4.78, 5) is 25.0. The second-order valence-electron chi connectivity index (χ2n) is 7.79. The van der Waals surface area contributed by atoms with Crippen LogP contribution in [0.2, 0.25) is 0 Å². The van der Waals surface area contributed by atoms with Crippen molar-refractivity contribution in [3.8, 4) is 11.5 Å². The zero-order valence-corrected chi connectivity index (χ0v) is 20.6. The molecule has 4 aromatic rings. The molecule has 0 atom stereocenters. The van der Waals surface area contributed by atoms with Gasteiger partial charge in [-0.15, -0.1) is 0 Å². The first-order chi connectivity index (χ1) is 18.1. The molecule has 0 aliphatic heterocycles. The van der Waals surface area contributed by atoms with E-state index in [0.29, 0.717) is 41.5 Å². The Kier molecular flexibility index (Phi) is 8.87. The van der Waals surface area contributed by atoms with Gasteiger partial charge < -0.3 is 24.5 Å². The number of para-hydroxylation sites is 1. The lowest BCUT2D eigenvalue weighted by Crippen LogP contribution is -2.34. The Labute approximate surface area is 219 Å². The fourth-order valence-corrected chi connectivity index (χ4v) is 3.51. The van der Waals surface area contributed by atoms with E-state index in [1.807, 2.05) is 30.3 Å². The Hall–Kier alpha value is -4.63. The van der Waals surface area contributed by atoms with E-state index in [4.69, 9.17) is 26.1 Å². The molecule has 0 saturated heterocycles. The number of nitrogens with one attached hydrogen (secondary N) is 3. The maximum atomic E-state index is 12.6. The third-order valence-corrected chi connectivity index (χ3v) is 5.30. The molecule has 0 aliphatic rings. The van der Waals surface area contributed by atoms with Crippen LogP contribution in [0.1, 0.15) is 26.5 Å². The lowest BCUT2D eigenvalue weighted by molar-refractivity contribution is 0.0946. The molecule has 4 rings (SSSR count). The number of rotatable bonds is 10. The van der Waals surface area contributed by atoms with Crippen LogP contribution in [-0.4, -0.2) is 30.1 Å². The van der Waals surface area contributed by atoms with Gasteiger partial charge in [-0.1, -0.05) is 24.3 Å². The summed E-state index contributed by atoms with van der Waals surface area (Å²) in [6.45, 7) is 1.05. The zero-order valence-electron chi connectivity index (χ0n) is 19.8. The molecule has 0 bridgehead atoms. The minimum atomic E-state index is -0.371. The molecule has 8 nitrogen and oxygen atoms in total. The first-order valence-electron chi connectivity index (χ1n) is 11.5. The topological polar surface area (TPSA) is 102 Å². The van der Waals surface area contributed by atoms with E-state index in [1.165, 1.54) is 0 Å². The largest absolute Gasteiger partial charge is 0.490 e. The molecule has 0 radical (unpaired) electrons. The van der Waals surface area contributed by atoms with Gasteiger partial charge in [-0.3, -0.25) is 14.9 Å². The van der Waals surface area contributed by atoms with Crippen LogP contribution >= 0.6 is 12.2 Å². The van der Waals surface area contributed by atoms with Gasteiger partial charge in [0.2, 0.25) is 0 Å². The molecular formula is C28H25N3O5S. The molecule has 37 heavy (non-hydrogen) atoms. The average molecular weight is 516 g/mol. The summed E-state index contributed by atoms with van der Waals surface area (Å²) in [5, 5.41) is 8.45. The Balaban J connectivity index is 1.22. The van der Waals surface area contributed by atoms with Crippen LogP contribution < -0.4 is 25.4 Å². The zero-order chi connectivity index (χ0) is 25.9. The average Bonchev–Trinajstić information content (AvgIpc) is 3.44.